The first-order valence-electron chi connectivity index (χ1n) is 9.02. The van der Waals surface area contributed by atoms with Crippen LogP contribution in [-0.4, -0.2) is 25.4 Å². The summed E-state index contributed by atoms with van der Waals surface area (Å²) in [6.07, 6.45) is 3.17. The molecule has 30 heavy (non-hydrogen) atoms. The van der Waals surface area contributed by atoms with Gasteiger partial charge in [-0.3, -0.25) is 0 Å². The molecule has 2 N–H and O–H groups in total. The van der Waals surface area contributed by atoms with E-state index in [2.05, 4.69) is 14.7 Å². The fourth-order valence-electron chi connectivity index (χ4n) is 3.17. The van der Waals surface area contributed by atoms with Crippen LogP contribution in [0, 0.1) is 11.6 Å². The molecular formula is C22H17F2N3O2S. The number of fused-ring (bicyclic) bond motifs is 1. The minimum absolute atomic E-state index is 0.177. The van der Waals surface area contributed by atoms with Crippen molar-refractivity contribution in [3.63, 3.8) is 0 Å². The van der Waals surface area contributed by atoms with Gasteiger partial charge in [0.2, 0.25) is 10.0 Å². The third-order valence-electron chi connectivity index (χ3n) is 4.58. The van der Waals surface area contributed by atoms with E-state index in [-0.39, 0.29) is 4.90 Å². The second kappa shape index (κ2) is 7.81. The van der Waals surface area contributed by atoms with E-state index in [9.17, 15) is 17.2 Å². The molecule has 4 rings (SSSR count). The molecule has 0 spiro atoms. The van der Waals surface area contributed by atoms with Crippen molar-refractivity contribution in [1.29, 1.82) is 0 Å². The number of aromatic nitrogens is 2. The Morgan fingerprint density at radius 3 is 2.43 bits per heavy atom. The van der Waals surface area contributed by atoms with Gasteiger partial charge in [-0.25, -0.2) is 26.9 Å². The molecule has 0 saturated carbocycles. The Kier molecular flexibility index (Phi) is 5.19. The van der Waals surface area contributed by atoms with Crippen LogP contribution in [0.3, 0.4) is 0 Å². The number of rotatable bonds is 5. The quantitative estimate of drug-likeness (QED) is 0.491. The van der Waals surface area contributed by atoms with E-state index in [4.69, 9.17) is 0 Å². The summed E-state index contributed by atoms with van der Waals surface area (Å²) in [7, 11) is -2.25. The molecule has 0 atom stereocenters. The Morgan fingerprint density at radius 2 is 1.70 bits per heavy atom. The van der Waals surface area contributed by atoms with Crippen molar-refractivity contribution in [3.8, 4) is 11.1 Å². The van der Waals surface area contributed by atoms with Crippen molar-refractivity contribution in [1.82, 2.24) is 14.7 Å². The number of nitrogens with zero attached hydrogens (tertiary/aromatic N) is 1. The summed E-state index contributed by atoms with van der Waals surface area (Å²) in [4.78, 5) is 7.77. The predicted molar refractivity (Wildman–Crippen MR) is 113 cm³/mol. The first kappa shape index (κ1) is 19.9. The summed E-state index contributed by atoms with van der Waals surface area (Å²) in [6, 6.07) is 15.4. The molecule has 0 aliphatic carbocycles. The van der Waals surface area contributed by atoms with Gasteiger partial charge in [-0.2, -0.15) is 0 Å². The summed E-state index contributed by atoms with van der Waals surface area (Å²) in [5.41, 5.74) is 3.02. The summed E-state index contributed by atoms with van der Waals surface area (Å²) < 4.78 is 53.7. The number of hydrogen-bond donors (Lipinski definition) is 2. The van der Waals surface area contributed by atoms with Gasteiger partial charge < -0.3 is 4.98 Å². The third kappa shape index (κ3) is 4.00. The minimum atomic E-state index is -3.62. The number of nitrogens with one attached hydrogen (secondary N) is 2. The van der Waals surface area contributed by atoms with Crippen LogP contribution in [0.4, 0.5) is 8.78 Å². The summed E-state index contributed by atoms with van der Waals surface area (Å²) in [5, 5.41) is 0. The van der Waals surface area contributed by atoms with Crippen LogP contribution in [0.15, 0.2) is 65.6 Å². The largest absolute Gasteiger partial charge is 0.338 e. The van der Waals surface area contributed by atoms with E-state index in [1.54, 1.807) is 54.6 Å². The monoisotopic (exact) mass is 425 g/mol. The molecule has 1 heterocycles. The molecule has 0 aliphatic rings. The van der Waals surface area contributed by atoms with Gasteiger partial charge in [0.1, 0.15) is 17.5 Å². The molecule has 5 nitrogen and oxygen atoms in total. The van der Waals surface area contributed by atoms with Gasteiger partial charge >= 0.3 is 0 Å². The zero-order valence-electron chi connectivity index (χ0n) is 15.9. The summed E-state index contributed by atoms with van der Waals surface area (Å²) >= 11 is 0. The Labute approximate surface area is 172 Å². The maximum Gasteiger partial charge on any atom is 0.240 e. The Balaban J connectivity index is 1.71. The maximum atomic E-state index is 13.3. The van der Waals surface area contributed by atoms with E-state index in [0.717, 1.165) is 11.6 Å². The molecule has 4 aromatic rings. The van der Waals surface area contributed by atoms with E-state index < -0.39 is 21.7 Å². The highest BCUT2D eigenvalue weighted by atomic mass is 32.2. The van der Waals surface area contributed by atoms with Gasteiger partial charge in [-0.05, 0) is 54.6 Å². The zero-order chi connectivity index (χ0) is 21.3. The van der Waals surface area contributed by atoms with Crippen molar-refractivity contribution in [2.45, 2.75) is 4.90 Å². The lowest BCUT2D eigenvalue weighted by Crippen LogP contribution is -2.19. The summed E-state index contributed by atoms with van der Waals surface area (Å²) in [5.74, 6) is -0.805. The summed E-state index contributed by atoms with van der Waals surface area (Å²) in [6.45, 7) is 0. The molecule has 8 heteroatoms. The van der Waals surface area contributed by atoms with Crippen LogP contribution in [0.2, 0.25) is 0 Å². The Bertz CT molecular complexity index is 1360. The number of imidazole rings is 1. The average Bonchev–Trinajstić information content (AvgIpc) is 3.14. The molecule has 0 bridgehead atoms. The predicted octanol–water partition coefficient (Wildman–Crippen LogP) is 4.59. The maximum absolute atomic E-state index is 13.3. The first-order valence-corrected chi connectivity index (χ1v) is 10.5. The van der Waals surface area contributed by atoms with Gasteiger partial charge in [-0.1, -0.05) is 30.3 Å². The Morgan fingerprint density at radius 1 is 0.967 bits per heavy atom. The van der Waals surface area contributed by atoms with Crippen molar-refractivity contribution < 1.29 is 17.2 Å². The average molecular weight is 425 g/mol. The van der Waals surface area contributed by atoms with Gasteiger partial charge in [0.25, 0.3) is 0 Å². The molecule has 3 aromatic carbocycles. The van der Waals surface area contributed by atoms with Crippen LogP contribution >= 0.6 is 0 Å². The molecule has 1 aromatic heterocycles. The van der Waals surface area contributed by atoms with Gasteiger partial charge in [-0.15, -0.1) is 0 Å². The van der Waals surface area contributed by atoms with Gasteiger partial charge in [0.15, 0.2) is 0 Å². The molecule has 0 fully saturated rings. The zero-order valence-corrected chi connectivity index (χ0v) is 16.7. The lowest BCUT2D eigenvalue weighted by molar-refractivity contribution is 0.582. The number of aromatic amines is 1. The lowest BCUT2D eigenvalue weighted by atomic mass is 10.1. The van der Waals surface area contributed by atoms with E-state index >= 15 is 0 Å². The van der Waals surface area contributed by atoms with E-state index in [1.807, 2.05) is 0 Å². The minimum Gasteiger partial charge on any atom is -0.338 e. The highest BCUT2D eigenvalue weighted by molar-refractivity contribution is 7.89. The van der Waals surface area contributed by atoms with Crippen molar-refractivity contribution >= 4 is 33.2 Å². The first-order chi connectivity index (χ1) is 14.4. The normalized spacial score (nSPS) is 12.1. The highest BCUT2D eigenvalue weighted by Gasteiger charge is 2.17. The number of benzene rings is 3. The number of sulfonamides is 1. The van der Waals surface area contributed by atoms with Crippen LogP contribution in [0.25, 0.3) is 34.3 Å². The Hall–Kier alpha value is -3.36. The second-order valence-corrected chi connectivity index (χ2v) is 8.45. The van der Waals surface area contributed by atoms with Crippen LogP contribution in [-0.2, 0) is 10.0 Å². The van der Waals surface area contributed by atoms with Crippen LogP contribution in [0.1, 0.15) is 11.4 Å². The third-order valence-corrected chi connectivity index (χ3v) is 6.05. The fraction of sp³-hybridized carbons (Fsp3) is 0.0455. The van der Waals surface area contributed by atoms with Gasteiger partial charge in [0.05, 0.1) is 15.9 Å². The SMILES string of the molecule is CNS(=O)(=O)c1ccccc1-c1ccc2[nH]c(C=Cc3cc(F)cc(F)c3)nc2c1. The second-order valence-electron chi connectivity index (χ2n) is 6.59. The standard InChI is InChI=1S/C22H17F2N3O2S/c1-25-30(28,29)21-5-3-2-4-18(21)15-7-8-19-20(12-15)27-22(26-19)9-6-14-10-16(23)13-17(24)11-14/h2-13,25H,1H3,(H,26,27). The molecule has 0 radical (unpaired) electrons. The topological polar surface area (TPSA) is 74.8 Å². The van der Waals surface area contributed by atoms with E-state index in [0.29, 0.717) is 28.0 Å². The van der Waals surface area contributed by atoms with Crippen molar-refractivity contribution in [2.24, 2.45) is 0 Å². The lowest BCUT2D eigenvalue weighted by Gasteiger charge is -2.09. The van der Waals surface area contributed by atoms with E-state index in [1.165, 1.54) is 19.2 Å². The molecular weight excluding hydrogens is 408 g/mol. The number of halogens is 2. The van der Waals surface area contributed by atoms with Crippen LogP contribution < -0.4 is 4.72 Å². The molecule has 152 valence electrons. The van der Waals surface area contributed by atoms with Gasteiger partial charge in [0, 0.05) is 11.6 Å². The van der Waals surface area contributed by atoms with Crippen LogP contribution in [0.5, 0.6) is 0 Å². The highest BCUT2D eigenvalue weighted by Crippen LogP contribution is 2.29. The smallest absolute Gasteiger partial charge is 0.240 e. The molecule has 0 unspecified atom stereocenters. The number of hydrogen-bond acceptors (Lipinski definition) is 3. The molecule has 0 amide bonds. The fourth-order valence-corrected chi connectivity index (χ4v) is 4.12. The van der Waals surface area contributed by atoms with Crippen molar-refractivity contribution in [3.05, 3.63) is 83.7 Å². The molecule has 0 aliphatic heterocycles. The van der Waals surface area contributed by atoms with Crippen molar-refractivity contribution in [2.75, 3.05) is 7.05 Å². The number of H-pyrrole nitrogens is 1. The molecule has 0 saturated heterocycles.